The molecule has 0 spiro atoms. The first-order chi connectivity index (χ1) is 19.5. The molecular formula is C32H43N3O5. The summed E-state index contributed by atoms with van der Waals surface area (Å²) in [4.78, 5) is 13.4. The Hall–Kier alpha value is -3.43. The molecule has 8 nitrogen and oxygen atoms in total. The van der Waals surface area contributed by atoms with Gasteiger partial charge in [-0.2, -0.15) is 0 Å². The molecule has 0 saturated carbocycles. The van der Waals surface area contributed by atoms with Gasteiger partial charge in [0.2, 0.25) is 5.91 Å². The minimum Gasteiger partial charge on any atom is -0.489 e. The summed E-state index contributed by atoms with van der Waals surface area (Å²) >= 11 is 0. The van der Waals surface area contributed by atoms with Crippen molar-refractivity contribution in [2.24, 2.45) is 5.73 Å². The van der Waals surface area contributed by atoms with Crippen LogP contribution in [0.5, 0.6) is 5.75 Å². The van der Waals surface area contributed by atoms with Crippen LogP contribution in [0.1, 0.15) is 58.8 Å². The molecule has 5 N–H and O–H groups in total. The maximum atomic E-state index is 11.3. The molecule has 0 saturated heterocycles. The van der Waals surface area contributed by atoms with E-state index in [1.165, 1.54) is 0 Å². The van der Waals surface area contributed by atoms with Gasteiger partial charge < -0.3 is 35.6 Å². The Morgan fingerprint density at radius 1 is 0.975 bits per heavy atom. The van der Waals surface area contributed by atoms with Gasteiger partial charge in [-0.05, 0) is 60.8 Å². The summed E-state index contributed by atoms with van der Waals surface area (Å²) in [6.07, 6.45) is 3.56. The van der Waals surface area contributed by atoms with Crippen LogP contribution in [0, 0.1) is 0 Å². The Balaban J connectivity index is 1.23. The number of nitrogens with two attached hydrogens (primary N) is 1. The van der Waals surface area contributed by atoms with Crippen molar-refractivity contribution in [2.75, 3.05) is 44.8 Å². The van der Waals surface area contributed by atoms with Crippen LogP contribution in [0.15, 0.2) is 72.8 Å². The number of aliphatic hydroxyl groups excluding tert-OH is 2. The number of anilines is 1. The molecule has 0 radical (unpaired) electrons. The number of unbranched alkanes of at least 4 members (excludes halogenated alkanes) is 3. The van der Waals surface area contributed by atoms with E-state index in [0.717, 1.165) is 62.2 Å². The average molecular weight is 550 g/mol. The van der Waals surface area contributed by atoms with E-state index in [9.17, 15) is 15.0 Å². The Morgan fingerprint density at radius 2 is 1.77 bits per heavy atom. The van der Waals surface area contributed by atoms with E-state index in [1.54, 1.807) is 12.1 Å². The van der Waals surface area contributed by atoms with E-state index in [-0.39, 0.29) is 6.61 Å². The molecule has 0 aliphatic carbocycles. The molecule has 0 aliphatic heterocycles. The summed E-state index contributed by atoms with van der Waals surface area (Å²) in [6.45, 7) is 3.64. The van der Waals surface area contributed by atoms with Gasteiger partial charge in [0.05, 0.1) is 19.3 Å². The van der Waals surface area contributed by atoms with Crippen molar-refractivity contribution >= 4 is 11.6 Å². The second-order valence-corrected chi connectivity index (χ2v) is 9.88. The van der Waals surface area contributed by atoms with Gasteiger partial charge in [-0.1, -0.05) is 55.3 Å². The highest BCUT2D eigenvalue weighted by Crippen LogP contribution is 2.24. The van der Waals surface area contributed by atoms with Gasteiger partial charge in [0.15, 0.2) is 0 Å². The number of nitrogens with zero attached hydrogens (tertiary/aromatic N) is 1. The number of primary amides is 1. The zero-order chi connectivity index (χ0) is 28.6. The van der Waals surface area contributed by atoms with Crippen molar-refractivity contribution in [1.82, 2.24) is 5.32 Å². The minimum absolute atomic E-state index is 0.149. The number of ether oxygens (including phenoxy) is 2. The number of aliphatic hydroxyl groups is 2. The van der Waals surface area contributed by atoms with Crippen molar-refractivity contribution in [3.05, 3.63) is 95.1 Å². The molecule has 0 aliphatic rings. The molecule has 0 aromatic heterocycles. The normalized spacial score (nSPS) is 11.8. The standard InChI is InChI=1S/C32H43N3O5/c1-35(29-13-9-12-27(21-29)32(33)38)17-19-39-18-8-3-2-7-16-34-22-30(37)26-14-15-31(28(20-26)23-36)40-24-25-10-5-4-6-11-25/h4-6,9-15,20-21,30,34,36-37H,2-3,7-8,16-19,22-24H2,1H3,(H2,33,38). The summed E-state index contributed by atoms with van der Waals surface area (Å²) in [6, 6.07) is 22.6. The number of rotatable bonds is 19. The minimum atomic E-state index is -0.654. The first-order valence-electron chi connectivity index (χ1n) is 14.0. The fraction of sp³-hybridized carbons (Fsp3) is 0.406. The lowest BCUT2D eigenvalue weighted by molar-refractivity contribution is 0.1000. The van der Waals surface area contributed by atoms with Crippen LogP contribution in [-0.4, -0.2) is 56.0 Å². The SMILES string of the molecule is CN(CCOCCCCCCNCC(O)c1ccc(OCc2ccccc2)c(CO)c1)c1cccc(C(N)=O)c1. The van der Waals surface area contributed by atoms with E-state index in [4.69, 9.17) is 15.2 Å². The van der Waals surface area contributed by atoms with Crippen LogP contribution in [0.3, 0.4) is 0 Å². The highest BCUT2D eigenvalue weighted by molar-refractivity contribution is 5.93. The van der Waals surface area contributed by atoms with E-state index >= 15 is 0 Å². The van der Waals surface area contributed by atoms with E-state index in [2.05, 4.69) is 5.32 Å². The van der Waals surface area contributed by atoms with Gasteiger partial charge in [0.1, 0.15) is 12.4 Å². The van der Waals surface area contributed by atoms with Crippen molar-refractivity contribution in [1.29, 1.82) is 0 Å². The first kappa shape index (κ1) is 31.1. The van der Waals surface area contributed by atoms with Crippen LogP contribution in [0.2, 0.25) is 0 Å². The van der Waals surface area contributed by atoms with Gasteiger partial charge in [-0.3, -0.25) is 4.79 Å². The highest BCUT2D eigenvalue weighted by Gasteiger charge is 2.11. The molecule has 1 amide bonds. The largest absolute Gasteiger partial charge is 0.489 e. The van der Waals surface area contributed by atoms with E-state index in [0.29, 0.717) is 36.6 Å². The van der Waals surface area contributed by atoms with Gasteiger partial charge in [0, 0.05) is 43.6 Å². The molecule has 0 bridgehead atoms. The summed E-state index contributed by atoms with van der Waals surface area (Å²) < 4.78 is 11.6. The van der Waals surface area contributed by atoms with Gasteiger partial charge in [-0.25, -0.2) is 0 Å². The molecule has 3 rings (SSSR count). The zero-order valence-electron chi connectivity index (χ0n) is 23.4. The fourth-order valence-electron chi connectivity index (χ4n) is 4.30. The van der Waals surface area contributed by atoms with Gasteiger partial charge in [-0.15, -0.1) is 0 Å². The lowest BCUT2D eigenvalue weighted by Crippen LogP contribution is -2.23. The number of hydrogen-bond donors (Lipinski definition) is 4. The van der Waals surface area contributed by atoms with Crippen LogP contribution in [0.4, 0.5) is 5.69 Å². The second-order valence-electron chi connectivity index (χ2n) is 9.88. The number of nitrogens with one attached hydrogen (secondary N) is 1. The number of hydrogen-bond acceptors (Lipinski definition) is 7. The third kappa shape index (κ3) is 10.6. The predicted molar refractivity (Wildman–Crippen MR) is 158 cm³/mol. The van der Waals surface area contributed by atoms with Crippen molar-refractivity contribution in [3.63, 3.8) is 0 Å². The fourth-order valence-corrected chi connectivity index (χ4v) is 4.30. The molecule has 40 heavy (non-hydrogen) atoms. The quantitative estimate of drug-likeness (QED) is 0.166. The van der Waals surface area contributed by atoms with Crippen molar-refractivity contribution in [3.8, 4) is 5.75 Å². The Morgan fingerprint density at radius 3 is 2.55 bits per heavy atom. The summed E-state index contributed by atoms with van der Waals surface area (Å²) in [7, 11) is 1.97. The van der Waals surface area contributed by atoms with E-state index < -0.39 is 12.0 Å². The molecule has 3 aromatic rings. The molecule has 1 unspecified atom stereocenters. The number of benzene rings is 3. The number of carbonyl (C=O) groups is 1. The van der Waals surface area contributed by atoms with Gasteiger partial charge in [0.25, 0.3) is 0 Å². The third-order valence-electron chi connectivity index (χ3n) is 6.75. The zero-order valence-corrected chi connectivity index (χ0v) is 23.4. The summed E-state index contributed by atoms with van der Waals surface area (Å²) in [5, 5.41) is 23.7. The van der Waals surface area contributed by atoms with Gasteiger partial charge >= 0.3 is 0 Å². The molecule has 8 heteroatoms. The summed E-state index contributed by atoms with van der Waals surface area (Å²) in [5.74, 6) is 0.200. The Labute approximate surface area is 237 Å². The molecule has 3 aromatic carbocycles. The monoisotopic (exact) mass is 549 g/mol. The van der Waals surface area contributed by atoms with E-state index in [1.807, 2.05) is 72.6 Å². The highest BCUT2D eigenvalue weighted by atomic mass is 16.5. The first-order valence-corrected chi connectivity index (χ1v) is 14.0. The lowest BCUT2D eigenvalue weighted by Gasteiger charge is -2.19. The van der Waals surface area contributed by atoms with Crippen molar-refractivity contribution < 1.29 is 24.5 Å². The molecule has 0 fully saturated rings. The van der Waals surface area contributed by atoms with Crippen LogP contribution in [-0.2, 0) is 18.0 Å². The lowest BCUT2D eigenvalue weighted by atomic mass is 10.0. The van der Waals surface area contributed by atoms with Crippen molar-refractivity contribution in [2.45, 2.75) is 45.0 Å². The number of likely N-dealkylation sites (N-methyl/N-ethyl adjacent to an activating group) is 1. The Bertz CT molecular complexity index is 1160. The topological polar surface area (TPSA) is 117 Å². The van der Waals surface area contributed by atoms with Crippen LogP contribution >= 0.6 is 0 Å². The maximum Gasteiger partial charge on any atom is 0.248 e. The average Bonchev–Trinajstić information content (AvgIpc) is 2.99. The molecule has 0 heterocycles. The third-order valence-corrected chi connectivity index (χ3v) is 6.75. The summed E-state index contributed by atoms with van der Waals surface area (Å²) in [5.41, 5.74) is 9.28. The second kappa shape index (κ2) is 17.3. The van der Waals surface area contributed by atoms with Crippen LogP contribution in [0.25, 0.3) is 0 Å². The maximum absolute atomic E-state index is 11.3. The predicted octanol–water partition coefficient (Wildman–Crippen LogP) is 4.19. The molecule has 216 valence electrons. The molecule has 1 atom stereocenters. The number of carbonyl (C=O) groups excluding carboxylic acids is 1. The Kier molecular flexibility index (Phi) is 13.5. The smallest absolute Gasteiger partial charge is 0.248 e. The number of amides is 1. The molecular weight excluding hydrogens is 506 g/mol. The van der Waals surface area contributed by atoms with Crippen LogP contribution < -0.4 is 20.7 Å².